The Morgan fingerprint density at radius 3 is 2.41 bits per heavy atom. The summed E-state index contributed by atoms with van der Waals surface area (Å²) >= 11 is 0. The second-order valence-corrected chi connectivity index (χ2v) is 12.6. The van der Waals surface area contributed by atoms with Gasteiger partial charge in [0, 0.05) is 30.6 Å². The normalized spacial score (nSPS) is 39.7. The van der Waals surface area contributed by atoms with Crippen molar-refractivity contribution in [3.63, 3.8) is 0 Å². The highest BCUT2D eigenvalue weighted by molar-refractivity contribution is 5.92. The van der Waals surface area contributed by atoms with Crippen LogP contribution in [0.3, 0.4) is 0 Å². The van der Waals surface area contributed by atoms with Gasteiger partial charge in [0.1, 0.15) is 17.7 Å². The molecule has 0 bridgehead atoms. The number of rotatable bonds is 8. The van der Waals surface area contributed by atoms with Crippen molar-refractivity contribution in [1.82, 2.24) is 0 Å². The maximum absolute atomic E-state index is 13.9. The molecule has 0 aliphatic heterocycles. The van der Waals surface area contributed by atoms with Crippen molar-refractivity contribution >= 4 is 29.5 Å². The van der Waals surface area contributed by atoms with Crippen molar-refractivity contribution < 1.29 is 38.6 Å². The summed E-state index contributed by atoms with van der Waals surface area (Å²) in [5.74, 6) is -0.893. The van der Waals surface area contributed by atoms with Crippen LogP contribution in [-0.2, 0) is 33.4 Å². The van der Waals surface area contributed by atoms with Crippen LogP contribution in [0.15, 0.2) is 0 Å². The third kappa shape index (κ3) is 4.97. The highest BCUT2D eigenvalue weighted by Gasteiger charge is 2.66. The molecule has 0 aromatic rings. The molecule has 0 aromatic carbocycles. The monoisotopic (exact) mass is 518 g/mol. The summed E-state index contributed by atoms with van der Waals surface area (Å²) in [4.78, 5) is 62.2. The summed E-state index contributed by atoms with van der Waals surface area (Å²) in [7, 11) is 1.39. The number of hydrogen-bond acceptors (Lipinski definition) is 7. The summed E-state index contributed by atoms with van der Waals surface area (Å²) in [5, 5.41) is 8.81. The Kier molecular flexibility index (Phi) is 7.87. The highest BCUT2D eigenvalue weighted by atomic mass is 16.5. The third-order valence-corrected chi connectivity index (χ3v) is 10.9. The molecule has 0 unspecified atom stereocenters. The second kappa shape index (κ2) is 10.5. The number of aliphatic carboxylic acids is 1. The number of esters is 2. The number of carbonyl (C=O) groups excluding carboxylic acids is 4. The van der Waals surface area contributed by atoms with Crippen molar-refractivity contribution in [3.05, 3.63) is 0 Å². The molecule has 0 aromatic heterocycles. The SMILES string of the molecule is COC(=O)CC[C@H](C)[C@H]1CC[C@H]2[C@H]3C(=O)C[C@@H]4C[C@H](OC(=O)CCC(=O)O)CC[C@]4(C)[C@@H]3CC(=O)[C@]12C. The molecule has 4 aliphatic carbocycles. The van der Waals surface area contributed by atoms with E-state index in [-0.39, 0.29) is 77.4 Å². The first-order valence-electron chi connectivity index (χ1n) is 14.0. The van der Waals surface area contributed by atoms with E-state index in [9.17, 15) is 24.0 Å². The van der Waals surface area contributed by atoms with Crippen LogP contribution in [0, 0.1) is 46.3 Å². The average Bonchev–Trinajstić information content (AvgIpc) is 3.21. The molecule has 9 atom stereocenters. The summed E-state index contributed by atoms with van der Waals surface area (Å²) in [6, 6.07) is 0. The van der Waals surface area contributed by atoms with Gasteiger partial charge in [0.2, 0.25) is 0 Å². The van der Waals surface area contributed by atoms with Gasteiger partial charge in [-0.2, -0.15) is 0 Å². The van der Waals surface area contributed by atoms with Crippen molar-refractivity contribution in [2.24, 2.45) is 46.3 Å². The molecule has 4 aliphatic rings. The summed E-state index contributed by atoms with van der Waals surface area (Å²) < 4.78 is 10.4. The first kappa shape index (κ1) is 27.8. The van der Waals surface area contributed by atoms with Crippen LogP contribution >= 0.6 is 0 Å². The first-order chi connectivity index (χ1) is 17.4. The van der Waals surface area contributed by atoms with E-state index in [0.717, 1.165) is 19.3 Å². The van der Waals surface area contributed by atoms with Crippen LogP contribution in [0.2, 0.25) is 0 Å². The molecule has 4 saturated carbocycles. The molecule has 4 fully saturated rings. The summed E-state index contributed by atoms with van der Waals surface area (Å²) in [6.45, 7) is 6.43. The van der Waals surface area contributed by atoms with E-state index < -0.39 is 17.4 Å². The lowest BCUT2D eigenvalue weighted by Crippen LogP contribution is -2.60. The van der Waals surface area contributed by atoms with Crippen molar-refractivity contribution in [3.8, 4) is 0 Å². The zero-order chi connectivity index (χ0) is 27.1. The van der Waals surface area contributed by atoms with Gasteiger partial charge < -0.3 is 14.6 Å². The molecular formula is C29H42O8. The second-order valence-electron chi connectivity index (χ2n) is 12.6. The number of fused-ring (bicyclic) bond motifs is 5. The molecule has 0 radical (unpaired) electrons. The third-order valence-electron chi connectivity index (χ3n) is 10.9. The molecule has 37 heavy (non-hydrogen) atoms. The zero-order valence-corrected chi connectivity index (χ0v) is 22.6. The Balaban J connectivity index is 1.48. The van der Waals surface area contributed by atoms with Crippen LogP contribution in [0.25, 0.3) is 0 Å². The van der Waals surface area contributed by atoms with E-state index in [1.54, 1.807) is 0 Å². The van der Waals surface area contributed by atoms with Gasteiger partial charge in [0.25, 0.3) is 0 Å². The topological polar surface area (TPSA) is 124 Å². The predicted octanol–water partition coefficient (Wildman–Crippen LogP) is 4.37. The standard InChI is InChI=1S/C29H42O8/c1-16(5-9-25(34)36-4)19-6-7-20-27-21(15-23(31)29(19,20)3)28(2)12-11-18(13-17(28)14-22(27)30)37-26(35)10-8-24(32)33/h16-21,27H,5-15H2,1-4H3,(H,32,33)/t16-,17-,18+,19+,20-,21+,27+,28-,29+/m0/s1. The van der Waals surface area contributed by atoms with Gasteiger partial charge in [-0.3, -0.25) is 24.0 Å². The molecule has 4 rings (SSSR count). The summed E-state index contributed by atoms with van der Waals surface area (Å²) in [6.07, 6.45) is 5.01. The van der Waals surface area contributed by atoms with Crippen LogP contribution in [-0.4, -0.2) is 47.8 Å². The van der Waals surface area contributed by atoms with Gasteiger partial charge in [0.05, 0.1) is 20.0 Å². The molecule has 8 nitrogen and oxygen atoms in total. The maximum atomic E-state index is 13.9. The smallest absolute Gasteiger partial charge is 0.306 e. The average molecular weight is 519 g/mol. The quantitative estimate of drug-likeness (QED) is 0.470. The number of carboxylic acids is 1. The predicted molar refractivity (Wildman–Crippen MR) is 133 cm³/mol. The summed E-state index contributed by atoms with van der Waals surface area (Å²) in [5.41, 5.74) is -0.694. The Labute approximate surface area is 219 Å². The number of ketones is 2. The van der Waals surface area contributed by atoms with Gasteiger partial charge in [-0.15, -0.1) is 0 Å². The Bertz CT molecular complexity index is 958. The minimum atomic E-state index is -1.03. The Morgan fingerprint density at radius 1 is 1.00 bits per heavy atom. The van der Waals surface area contributed by atoms with Crippen LogP contribution in [0.5, 0.6) is 0 Å². The largest absolute Gasteiger partial charge is 0.481 e. The fourth-order valence-electron chi connectivity index (χ4n) is 8.77. The van der Waals surface area contributed by atoms with E-state index in [0.29, 0.717) is 38.5 Å². The van der Waals surface area contributed by atoms with Crippen molar-refractivity contribution in [2.75, 3.05) is 7.11 Å². The number of methoxy groups -OCH3 is 1. The van der Waals surface area contributed by atoms with Crippen LogP contribution < -0.4 is 0 Å². The zero-order valence-electron chi connectivity index (χ0n) is 22.6. The maximum Gasteiger partial charge on any atom is 0.306 e. The number of ether oxygens (including phenoxy) is 2. The fourth-order valence-corrected chi connectivity index (χ4v) is 8.77. The minimum Gasteiger partial charge on any atom is -0.481 e. The molecule has 0 amide bonds. The Hall–Kier alpha value is -2.25. The van der Waals surface area contributed by atoms with Gasteiger partial charge in [-0.25, -0.2) is 0 Å². The molecule has 1 N–H and O–H groups in total. The van der Waals surface area contributed by atoms with Gasteiger partial charge in [-0.1, -0.05) is 20.8 Å². The van der Waals surface area contributed by atoms with E-state index in [4.69, 9.17) is 14.6 Å². The fraction of sp³-hybridized carbons (Fsp3) is 0.828. The van der Waals surface area contributed by atoms with Gasteiger partial charge in [-0.05, 0) is 73.5 Å². The van der Waals surface area contributed by atoms with Crippen LogP contribution in [0.1, 0.15) is 91.4 Å². The van der Waals surface area contributed by atoms with Gasteiger partial charge in [0.15, 0.2) is 0 Å². The van der Waals surface area contributed by atoms with E-state index >= 15 is 0 Å². The molecule has 8 heteroatoms. The number of Topliss-reactive ketones (excluding diaryl/α,β-unsaturated/α-hetero) is 2. The number of carbonyl (C=O) groups is 5. The molecule has 0 spiro atoms. The Morgan fingerprint density at radius 2 is 1.73 bits per heavy atom. The van der Waals surface area contributed by atoms with Gasteiger partial charge >= 0.3 is 17.9 Å². The molecular weight excluding hydrogens is 476 g/mol. The molecule has 0 heterocycles. The number of hydrogen-bond donors (Lipinski definition) is 1. The first-order valence-corrected chi connectivity index (χ1v) is 14.0. The van der Waals surface area contributed by atoms with Crippen molar-refractivity contribution in [2.45, 2.75) is 97.5 Å². The highest BCUT2D eigenvalue weighted by Crippen LogP contribution is 2.66. The lowest BCUT2D eigenvalue weighted by atomic mass is 9.43. The molecule has 0 saturated heterocycles. The molecule has 206 valence electrons. The lowest BCUT2D eigenvalue weighted by molar-refractivity contribution is -0.173. The van der Waals surface area contributed by atoms with Crippen LogP contribution in [0.4, 0.5) is 0 Å². The van der Waals surface area contributed by atoms with E-state index in [2.05, 4.69) is 20.8 Å². The minimum absolute atomic E-state index is 0.0112. The number of carboxylic acid groups (broad SMARTS) is 1. The lowest BCUT2D eigenvalue weighted by Gasteiger charge is -2.59. The van der Waals surface area contributed by atoms with E-state index in [1.807, 2.05) is 0 Å². The van der Waals surface area contributed by atoms with E-state index in [1.165, 1.54) is 7.11 Å². The van der Waals surface area contributed by atoms with Crippen molar-refractivity contribution in [1.29, 1.82) is 0 Å².